The highest BCUT2D eigenvalue weighted by Crippen LogP contribution is 2.33. The van der Waals surface area contributed by atoms with Crippen LogP contribution < -0.4 is 0 Å². The molecule has 2 fully saturated rings. The van der Waals surface area contributed by atoms with Gasteiger partial charge in [0.15, 0.2) is 0 Å². The zero-order valence-corrected chi connectivity index (χ0v) is 8.62. The van der Waals surface area contributed by atoms with Crippen molar-refractivity contribution in [2.45, 2.75) is 64.1 Å². The average molecular weight is 181 g/mol. The smallest absolute Gasteiger partial charge is 0.136 e. The molecule has 0 N–H and O–H groups in total. The van der Waals surface area contributed by atoms with Crippen molar-refractivity contribution in [1.82, 2.24) is 4.90 Å². The molecule has 2 rings (SSSR count). The maximum Gasteiger partial charge on any atom is 0.136 e. The third-order valence-electron chi connectivity index (χ3n) is 3.44. The standard InChI is InChI=1S/C11H19NO/c1-8(2)12-9-4-3-5-10(12)7-11(13)6-9/h8-10H,3-7H2,1-2H3/t9-,10-/m0/s1. The van der Waals surface area contributed by atoms with Crippen LogP contribution in [-0.2, 0) is 4.79 Å². The molecule has 2 saturated heterocycles. The molecule has 2 heteroatoms. The fourth-order valence-corrected chi connectivity index (χ4v) is 3.05. The van der Waals surface area contributed by atoms with Crippen molar-refractivity contribution in [3.05, 3.63) is 0 Å². The van der Waals surface area contributed by atoms with Crippen LogP contribution in [0, 0.1) is 0 Å². The molecular formula is C11H19NO. The summed E-state index contributed by atoms with van der Waals surface area (Å²) < 4.78 is 0. The molecule has 2 atom stereocenters. The fraction of sp³-hybridized carbons (Fsp3) is 0.909. The Morgan fingerprint density at radius 2 is 1.77 bits per heavy atom. The summed E-state index contributed by atoms with van der Waals surface area (Å²) in [6, 6.07) is 1.75. The molecule has 0 aromatic heterocycles. The van der Waals surface area contributed by atoms with Crippen LogP contribution in [0.2, 0.25) is 0 Å². The van der Waals surface area contributed by atoms with E-state index in [1.165, 1.54) is 19.3 Å². The maximum atomic E-state index is 11.4. The van der Waals surface area contributed by atoms with Gasteiger partial charge in [0.1, 0.15) is 5.78 Å². The van der Waals surface area contributed by atoms with Gasteiger partial charge in [-0.25, -0.2) is 0 Å². The van der Waals surface area contributed by atoms with Gasteiger partial charge in [-0.3, -0.25) is 9.69 Å². The lowest BCUT2D eigenvalue weighted by Gasteiger charge is -2.47. The quantitative estimate of drug-likeness (QED) is 0.616. The molecule has 2 bridgehead atoms. The van der Waals surface area contributed by atoms with Crippen molar-refractivity contribution in [2.24, 2.45) is 0 Å². The van der Waals surface area contributed by atoms with Crippen LogP contribution >= 0.6 is 0 Å². The summed E-state index contributed by atoms with van der Waals surface area (Å²) in [5.41, 5.74) is 0. The molecule has 2 nitrogen and oxygen atoms in total. The van der Waals surface area contributed by atoms with E-state index in [4.69, 9.17) is 0 Å². The van der Waals surface area contributed by atoms with Crippen LogP contribution in [0.1, 0.15) is 46.0 Å². The number of carbonyl (C=O) groups excluding carboxylic acids is 1. The SMILES string of the molecule is CC(C)N1[C@H]2CCC[C@H]1CC(=O)C2. The molecule has 0 unspecified atom stereocenters. The first kappa shape index (κ1) is 9.20. The number of piperidine rings is 2. The predicted octanol–water partition coefficient (Wildman–Crippen LogP) is 1.98. The van der Waals surface area contributed by atoms with Gasteiger partial charge in [0.05, 0.1) is 0 Å². The molecule has 74 valence electrons. The van der Waals surface area contributed by atoms with Crippen LogP contribution in [0.5, 0.6) is 0 Å². The second-order valence-corrected chi connectivity index (χ2v) is 4.73. The number of rotatable bonds is 1. The van der Waals surface area contributed by atoms with Gasteiger partial charge in [-0.05, 0) is 26.7 Å². The van der Waals surface area contributed by atoms with E-state index in [1.807, 2.05) is 0 Å². The first-order chi connectivity index (χ1) is 6.18. The number of ketones is 1. The van der Waals surface area contributed by atoms with E-state index < -0.39 is 0 Å². The molecule has 2 aliphatic heterocycles. The van der Waals surface area contributed by atoms with E-state index in [2.05, 4.69) is 18.7 Å². The summed E-state index contributed by atoms with van der Waals surface area (Å²) in [6.45, 7) is 4.50. The highest BCUT2D eigenvalue weighted by Gasteiger charge is 2.38. The second kappa shape index (κ2) is 3.41. The van der Waals surface area contributed by atoms with Gasteiger partial charge in [-0.2, -0.15) is 0 Å². The van der Waals surface area contributed by atoms with E-state index in [9.17, 15) is 4.79 Å². The third kappa shape index (κ3) is 1.64. The predicted molar refractivity (Wildman–Crippen MR) is 52.6 cm³/mol. The largest absolute Gasteiger partial charge is 0.300 e. The Balaban J connectivity index is 2.14. The lowest BCUT2D eigenvalue weighted by atomic mass is 9.83. The Bertz CT molecular complexity index is 196. The van der Waals surface area contributed by atoms with Gasteiger partial charge in [0.25, 0.3) is 0 Å². The molecule has 0 aromatic carbocycles. The van der Waals surface area contributed by atoms with E-state index in [0.717, 1.165) is 12.8 Å². The summed E-state index contributed by atoms with van der Waals surface area (Å²) >= 11 is 0. The third-order valence-corrected chi connectivity index (χ3v) is 3.44. The molecule has 0 aliphatic carbocycles. The summed E-state index contributed by atoms with van der Waals surface area (Å²) in [5, 5.41) is 0. The molecule has 0 spiro atoms. The first-order valence-electron chi connectivity index (χ1n) is 5.47. The molecular weight excluding hydrogens is 162 g/mol. The summed E-state index contributed by atoms with van der Waals surface area (Å²) in [5.74, 6) is 0.492. The maximum absolute atomic E-state index is 11.4. The van der Waals surface area contributed by atoms with E-state index in [1.54, 1.807) is 0 Å². The van der Waals surface area contributed by atoms with Crippen LogP contribution in [-0.4, -0.2) is 28.8 Å². The fourth-order valence-electron chi connectivity index (χ4n) is 3.05. The van der Waals surface area contributed by atoms with Crippen LogP contribution in [0.25, 0.3) is 0 Å². The molecule has 0 saturated carbocycles. The second-order valence-electron chi connectivity index (χ2n) is 4.73. The van der Waals surface area contributed by atoms with E-state index >= 15 is 0 Å². The average Bonchev–Trinajstić information content (AvgIpc) is 2.01. The number of hydrogen-bond donors (Lipinski definition) is 0. The van der Waals surface area contributed by atoms with Gasteiger partial charge >= 0.3 is 0 Å². The van der Waals surface area contributed by atoms with Crippen molar-refractivity contribution in [3.8, 4) is 0 Å². The van der Waals surface area contributed by atoms with Gasteiger partial charge in [-0.1, -0.05) is 6.42 Å². The van der Waals surface area contributed by atoms with Crippen LogP contribution in [0.4, 0.5) is 0 Å². The molecule has 13 heavy (non-hydrogen) atoms. The number of hydrogen-bond acceptors (Lipinski definition) is 2. The normalized spacial score (nSPS) is 35.5. The van der Waals surface area contributed by atoms with E-state index in [-0.39, 0.29) is 0 Å². The first-order valence-corrected chi connectivity index (χ1v) is 5.47. The minimum Gasteiger partial charge on any atom is -0.300 e. The Kier molecular flexibility index (Phi) is 2.41. The lowest BCUT2D eigenvalue weighted by Crippen LogP contribution is -2.55. The number of fused-ring (bicyclic) bond motifs is 2. The van der Waals surface area contributed by atoms with Crippen molar-refractivity contribution in [2.75, 3.05) is 0 Å². The highest BCUT2D eigenvalue weighted by atomic mass is 16.1. The number of Topliss-reactive ketones (excluding diaryl/α,β-unsaturated/α-hetero) is 1. The highest BCUT2D eigenvalue weighted by molar-refractivity contribution is 5.80. The van der Waals surface area contributed by atoms with Gasteiger partial charge in [-0.15, -0.1) is 0 Å². The Morgan fingerprint density at radius 1 is 1.23 bits per heavy atom. The zero-order chi connectivity index (χ0) is 9.42. The van der Waals surface area contributed by atoms with Crippen LogP contribution in [0.3, 0.4) is 0 Å². The van der Waals surface area contributed by atoms with Crippen LogP contribution in [0.15, 0.2) is 0 Å². The summed E-state index contributed by atoms with van der Waals surface area (Å²) in [7, 11) is 0. The van der Waals surface area contributed by atoms with Crippen molar-refractivity contribution in [1.29, 1.82) is 0 Å². The minimum atomic E-state index is 0.492. The van der Waals surface area contributed by atoms with E-state index in [0.29, 0.717) is 23.9 Å². The van der Waals surface area contributed by atoms with Gasteiger partial charge in [0.2, 0.25) is 0 Å². The van der Waals surface area contributed by atoms with Gasteiger partial charge < -0.3 is 0 Å². The molecule has 0 aromatic rings. The Labute approximate surface area is 80.3 Å². The minimum absolute atomic E-state index is 0.492. The zero-order valence-electron chi connectivity index (χ0n) is 8.62. The lowest BCUT2D eigenvalue weighted by molar-refractivity contribution is -0.128. The Hall–Kier alpha value is -0.370. The summed E-state index contributed by atoms with van der Waals surface area (Å²) in [4.78, 5) is 14.0. The van der Waals surface area contributed by atoms with Gasteiger partial charge in [0, 0.05) is 31.0 Å². The molecule has 0 radical (unpaired) electrons. The Morgan fingerprint density at radius 3 is 2.23 bits per heavy atom. The monoisotopic (exact) mass is 181 g/mol. The number of carbonyl (C=O) groups is 1. The number of nitrogens with zero attached hydrogens (tertiary/aromatic N) is 1. The van der Waals surface area contributed by atoms with Crippen molar-refractivity contribution < 1.29 is 4.79 Å². The molecule has 0 amide bonds. The summed E-state index contributed by atoms with van der Waals surface area (Å²) in [6.07, 6.45) is 5.43. The van der Waals surface area contributed by atoms with Crippen molar-refractivity contribution in [3.63, 3.8) is 0 Å². The molecule has 2 heterocycles. The molecule has 2 aliphatic rings. The van der Waals surface area contributed by atoms with Crippen molar-refractivity contribution >= 4 is 5.78 Å². The topological polar surface area (TPSA) is 20.3 Å².